The zero-order valence-electron chi connectivity index (χ0n) is 10.5. The van der Waals surface area contributed by atoms with Crippen molar-refractivity contribution in [2.75, 3.05) is 0 Å². The molecule has 0 bridgehead atoms. The van der Waals surface area contributed by atoms with Crippen molar-refractivity contribution >= 4 is 10.9 Å². The standard InChI is InChI=1S/C14H10F3N3/c1-8-5-9(6-10-7-19-20-12(8)10)13-11(14(15,16)17)3-2-4-18-13/h2-7H,1H3,(H,19,20). The van der Waals surface area contributed by atoms with Crippen LogP contribution in [0.15, 0.2) is 36.7 Å². The molecule has 2 aromatic heterocycles. The van der Waals surface area contributed by atoms with E-state index in [4.69, 9.17) is 0 Å². The molecule has 0 unspecified atom stereocenters. The van der Waals surface area contributed by atoms with Crippen LogP contribution in [0, 0.1) is 6.92 Å². The number of H-pyrrole nitrogens is 1. The minimum atomic E-state index is -4.43. The number of hydrogen-bond donors (Lipinski definition) is 1. The molecule has 0 aliphatic heterocycles. The van der Waals surface area contributed by atoms with Crippen LogP contribution >= 0.6 is 0 Å². The third-order valence-corrected chi connectivity index (χ3v) is 3.13. The van der Waals surface area contributed by atoms with Gasteiger partial charge in [-0.25, -0.2) is 0 Å². The van der Waals surface area contributed by atoms with E-state index in [1.165, 1.54) is 12.3 Å². The molecule has 3 nitrogen and oxygen atoms in total. The van der Waals surface area contributed by atoms with Gasteiger partial charge in [0, 0.05) is 17.1 Å². The Balaban J connectivity index is 2.26. The van der Waals surface area contributed by atoms with Gasteiger partial charge in [0.05, 0.1) is 23.0 Å². The molecule has 3 aromatic rings. The lowest BCUT2D eigenvalue weighted by atomic mass is 10.0. The highest BCUT2D eigenvalue weighted by Crippen LogP contribution is 2.36. The third kappa shape index (κ3) is 2.03. The zero-order valence-corrected chi connectivity index (χ0v) is 10.5. The molecule has 0 saturated heterocycles. The number of nitrogens with one attached hydrogen (secondary N) is 1. The third-order valence-electron chi connectivity index (χ3n) is 3.13. The lowest BCUT2D eigenvalue weighted by molar-refractivity contribution is -0.137. The number of aromatic nitrogens is 3. The summed E-state index contributed by atoms with van der Waals surface area (Å²) in [4.78, 5) is 3.90. The molecule has 1 aromatic carbocycles. The van der Waals surface area contributed by atoms with Gasteiger partial charge in [-0.1, -0.05) is 0 Å². The summed E-state index contributed by atoms with van der Waals surface area (Å²) in [5.74, 6) is 0. The van der Waals surface area contributed by atoms with E-state index in [0.29, 0.717) is 5.56 Å². The van der Waals surface area contributed by atoms with E-state index in [1.807, 2.05) is 6.92 Å². The smallest absolute Gasteiger partial charge is 0.278 e. The van der Waals surface area contributed by atoms with Crippen molar-refractivity contribution in [3.8, 4) is 11.3 Å². The van der Waals surface area contributed by atoms with Gasteiger partial charge in [0.2, 0.25) is 0 Å². The number of alkyl halides is 3. The lowest BCUT2D eigenvalue weighted by Gasteiger charge is -2.12. The first-order chi connectivity index (χ1) is 9.47. The summed E-state index contributed by atoms with van der Waals surface area (Å²) in [7, 11) is 0. The van der Waals surface area contributed by atoms with Gasteiger partial charge in [-0.05, 0) is 36.8 Å². The Morgan fingerprint density at radius 3 is 2.75 bits per heavy atom. The van der Waals surface area contributed by atoms with Crippen molar-refractivity contribution in [1.29, 1.82) is 0 Å². The largest absolute Gasteiger partial charge is 0.418 e. The Hall–Kier alpha value is -2.37. The topological polar surface area (TPSA) is 41.6 Å². The fraction of sp³-hybridized carbons (Fsp3) is 0.143. The van der Waals surface area contributed by atoms with Crippen LogP contribution in [0.2, 0.25) is 0 Å². The van der Waals surface area contributed by atoms with E-state index < -0.39 is 11.7 Å². The van der Waals surface area contributed by atoms with Gasteiger partial charge in [0.25, 0.3) is 0 Å². The first kappa shape index (κ1) is 12.7. The molecule has 0 aliphatic rings. The maximum atomic E-state index is 13.0. The minimum Gasteiger partial charge on any atom is -0.278 e. The molecular formula is C14H10F3N3. The Morgan fingerprint density at radius 2 is 2.00 bits per heavy atom. The molecule has 0 saturated carbocycles. The molecule has 2 heterocycles. The van der Waals surface area contributed by atoms with Gasteiger partial charge >= 0.3 is 6.18 Å². The Kier molecular flexibility index (Phi) is 2.74. The number of aryl methyl sites for hydroxylation is 1. The highest BCUT2D eigenvalue weighted by atomic mass is 19.4. The van der Waals surface area contributed by atoms with Crippen molar-refractivity contribution in [2.24, 2.45) is 0 Å². The average molecular weight is 277 g/mol. The highest BCUT2D eigenvalue weighted by Gasteiger charge is 2.34. The number of pyridine rings is 1. The monoisotopic (exact) mass is 277 g/mol. The van der Waals surface area contributed by atoms with Crippen molar-refractivity contribution in [1.82, 2.24) is 15.2 Å². The molecular weight excluding hydrogens is 267 g/mol. The average Bonchev–Trinajstić information content (AvgIpc) is 2.86. The van der Waals surface area contributed by atoms with Crippen LogP contribution in [0.3, 0.4) is 0 Å². The number of nitrogens with zero attached hydrogens (tertiary/aromatic N) is 2. The molecule has 1 N–H and O–H groups in total. The summed E-state index contributed by atoms with van der Waals surface area (Å²) < 4.78 is 39.1. The van der Waals surface area contributed by atoms with Crippen LogP contribution in [0.5, 0.6) is 0 Å². The summed E-state index contributed by atoms with van der Waals surface area (Å²) >= 11 is 0. The number of fused-ring (bicyclic) bond motifs is 1. The van der Waals surface area contributed by atoms with E-state index in [0.717, 1.165) is 22.5 Å². The van der Waals surface area contributed by atoms with Crippen molar-refractivity contribution in [3.63, 3.8) is 0 Å². The lowest BCUT2D eigenvalue weighted by Crippen LogP contribution is -2.08. The Morgan fingerprint density at radius 1 is 1.20 bits per heavy atom. The van der Waals surface area contributed by atoms with Crippen molar-refractivity contribution < 1.29 is 13.2 Å². The fourth-order valence-corrected chi connectivity index (χ4v) is 2.24. The summed E-state index contributed by atoms with van der Waals surface area (Å²) in [6.07, 6.45) is -1.48. The summed E-state index contributed by atoms with van der Waals surface area (Å²) in [6, 6.07) is 5.66. The van der Waals surface area contributed by atoms with Gasteiger partial charge in [-0.2, -0.15) is 18.3 Å². The van der Waals surface area contributed by atoms with Gasteiger partial charge in [-0.15, -0.1) is 0 Å². The molecule has 0 fully saturated rings. The van der Waals surface area contributed by atoms with Crippen LogP contribution in [0.4, 0.5) is 13.2 Å². The Bertz CT molecular complexity index is 775. The maximum Gasteiger partial charge on any atom is 0.418 e. The quantitative estimate of drug-likeness (QED) is 0.731. The molecule has 0 amide bonds. The SMILES string of the molecule is Cc1cc(-c2ncccc2C(F)(F)F)cc2cn[nH]c12. The second-order valence-electron chi connectivity index (χ2n) is 4.52. The van der Waals surface area contributed by atoms with Crippen LogP contribution in [0.1, 0.15) is 11.1 Å². The Labute approximate surface area is 112 Å². The number of aromatic amines is 1. The predicted octanol–water partition coefficient (Wildman–Crippen LogP) is 3.95. The normalized spacial score (nSPS) is 12.0. The predicted molar refractivity (Wildman–Crippen MR) is 69.1 cm³/mol. The van der Waals surface area contributed by atoms with Crippen LogP contribution < -0.4 is 0 Å². The summed E-state index contributed by atoms with van der Waals surface area (Å²) in [5, 5.41) is 7.48. The first-order valence-corrected chi connectivity index (χ1v) is 5.93. The molecule has 102 valence electrons. The van der Waals surface area contributed by atoms with E-state index in [2.05, 4.69) is 15.2 Å². The highest BCUT2D eigenvalue weighted by molar-refractivity contribution is 5.86. The molecule has 20 heavy (non-hydrogen) atoms. The van der Waals surface area contributed by atoms with E-state index >= 15 is 0 Å². The molecule has 0 atom stereocenters. The van der Waals surface area contributed by atoms with Gasteiger partial charge < -0.3 is 0 Å². The molecule has 3 rings (SSSR count). The van der Waals surface area contributed by atoms with Gasteiger partial charge in [-0.3, -0.25) is 10.1 Å². The molecule has 0 radical (unpaired) electrons. The number of benzene rings is 1. The number of hydrogen-bond acceptors (Lipinski definition) is 2. The van der Waals surface area contributed by atoms with E-state index in [9.17, 15) is 13.2 Å². The first-order valence-electron chi connectivity index (χ1n) is 5.93. The molecule has 6 heteroatoms. The van der Waals surface area contributed by atoms with E-state index in [1.54, 1.807) is 18.3 Å². The van der Waals surface area contributed by atoms with Crippen LogP contribution in [0.25, 0.3) is 22.2 Å². The maximum absolute atomic E-state index is 13.0. The van der Waals surface area contributed by atoms with Crippen LogP contribution in [-0.4, -0.2) is 15.2 Å². The minimum absolute atomic E-state index is 0.0637. The summed E-state index contributed by atoms with van der Waals surface area (Å²) in [5.41, 5.74) is 1.28. The van der Waals surface area contributed by atoms with Crippen LogP contribution in [-0.2, 0) is 6.18 Å². The number of rotatable bonds is 1. The van der Waals surface area contributed by atoms with Gasteiger partial charge in [0.15, 0.2) is 0 Å². The molecule has 0 spiro atoms. The van der Waals surface area contributed by atoms with Gasteiger partial charge in [0.1, 0.15) is 0 Å². The summed E-state index contributed by atoms with van der Waals surface area (Å²) in [6.45, 7) is 1.82. The van der Waals surface area contributed by atoms with E-state index in [-0.39, 0.29) is 5.69 Å². The number of halogens is 3. The zero-order chi connectivity index (χ0) is 14.3. The van der Waals surface area contributed by atoms with Crippen molar-refractivity contribution in [3.05, 3.63) is 47.8 Å². The fourth-order valence-electron chi connectivity index (χ4n) is 2.24. The molecule has 0 aliphatic carbocycles. The second-order valence-corrected chi connectivity index (χ2v) is 4.52. The van der Waals surface area contributed by atoms with Crippen molar-refractivity contribution in [2.45, 2.75) is 13.1 Å². The second kappa shape index (κ2) is 4.33.